The summed E-state index contributed by atoms with van der Waals surface area (Å²) in [5.74, 6) is 0.772. The van der Waals surface area contributed by atoms with Crippen molar-refractivity contribution in [2.24, 2.45) is 0 Å². The first-order valence-corrected chi connectivity index (χ1v) is 9.21. The molecular weight excluding hydrogens is 344 g/mol. The molecule has 1 aromatic heterocycles. The van der Waals surface area contributed by atoms with Crippen LogP contribution in [0.25, 0.3) is 0 Å². The van der Waals surface area contributed by atoms with Gasteiger partial charge in [-0.05, 0) is 44.0 Å². The number of nitrogens with one attached hydrogen (secondary N) is 1. The fourth-order valence-corrected chi connectivity index (χ4v) is 3.43. The zero-order valence-electron chi connectivity index (χ0n) is 16.1. The van der Waals surface area contributed by atoms with Crippen LogP contribution >= 0.6 is 0 Å². The third-order valence-electron chi connectivity index (χ3n) is 5.11. The number of aryl methyl sites for hydroxylation is 2. The van der Waals surface area contributed by atoms with E-state index in [1.165, 1.54) is 0 Å². The Morgan fingerprint density at radius 2 is 1.85 bits per heavy atom. The maximum absolute atomic E-state index is 12.7. The molecule has 0 saturated carbocycles. The van der Waals surface area contributed by atoms with E-state index in [0.29, 0.717) is 50.3 Å². The van der Waals surface area contributed by atoms with Crippen molar-refractivity contribution in [2.75, 3.05) is 33.3 Å². The van der Waals surface area contributed by atoms with Crippen molar-refractivity contribution in [3.05, 3.63) is 46.8 Å². The number of methoxy groups -OCH3 is 1. The molecule has 1 aliphatic heterocycles. The molecule has 7 nitrogen and oxygen atoms in total. The first-order valence-electron chi connectivity index (χ1n) is 9.21. The Morgan fingerprint density at radius 1 is 1.15 bits per heavy atom. The Morgan fingerprint density at radius 3 is 2.48 bits per heavy atom. The molecule has 1 saturated heterocycles. The first kappa shape index (κ1) is 18.9. The second-order valence-corrected chi connectivity index (χ2v) is 6.82. The van der Waals surface area contributed by atoms with Crippen molar-refractivity contribution in [1.82, 2.24) is 20.0 Å². The molecule has 3 rings (SSSR count). The van der Waals surface area contributed by atoms with Crippen molar-refractivity contribution in [2.45, 2.75) is 26.7 Å². The van der Waals surface area contributed by atoms with Crippen LogP contribution in [0, 0.1) is 13.8 Å². The van der Waals surface area contributed by atoms with Gasteiger partial charge in [-0.3, -0.25) is 14.7 Å². The Kier molecular flexibility index (Phi) is 5.78. The maximum atomic E-state index is 12.7. The molecule has 144 valence electrons. The van der Waals surface area contributed by atoms with E-state index in [4.69, 9.17) is 4.74 Å². The number of ether oxygens (including phenoxy) is 1. The Labute approximate surface area is 159 Å². The van der Waals surface area contributed by atoms with E-state index in [2.05, 4.69) is 10.2 Å². The maximum Gasteiger partial charge on any atom is 0.254 e. The topological polar surface area (TPSA) is 78.5 Å². The fraction of sp³-hybridized carbons (Fsp3) is 0.450. The number of hydrogen-bond donors (Lipinski definition) is 1. The standard InChI is InChI=1S/C20H26N4O3/c1-14-18(15(2)22-21-14)7-8-19(25)23-9-11-24(12-10-23)20(26)16-5-4-6-17(13-16)27-3/h4-6,13H,7-12H2,1-3H3,(H,21,22). The number of rotatable bonds is 5. The van der Waals surface area contributed by atoms with Gasteiger partial charge >= 0.3 is 0 Å². The molecule has 27 heavy (non-hydrogen) atoms. The molecule has 0 bridgehead atoms. The highest BCUT2D eigenvalue weighted by Crippen LogP contribution is 2.17. The van der Waals surface area contributed by atoms with Gasteiger partial charge in [-0.15, -0.1) is 0 Å². The highest BCUT2D eigenvalue weighted by Gasteiger charge is 2.25. The minimum Gasteiger partial charge on any atom is -0.497 e. The fourth-order valence-electron chi connectivity index (χ4n) is 3.43. The van der Waals surface area contributed by atoms with Crippen LogP contribution in [-0.2, 0) is 11.2 Å². The van der Waals surface area contributed by atoms with Crippen LogP contribution in [0.2, 0.25) is 0 Å². The summed E-state index contributed by atoms with van der Waals surface area (Å²) in [7, 11) is 1.58. The number of nitrogens with zero attached hydrogens (tertiary/aromatic N) is 3. The average molecular weight is 370 g/mol. The lowest BCUT2D eigenvalue weighted by molar-refractivity contribution is -0.132. The van der Waals surface area contributed by atoms with Crippen LogP contribution in [0.3, 0.4) is 0 Å². The zero-order chi connectivity index (χ0) is 19.4. The summed E-state index contributed by atoms with van der Waals surface area (Å²) < 4.78 is 5.18. The summed E-state index contributed by atoms with van der Waals surface area (Å²) in [4.78, 5) is 28.8. The van der Waals surface area contributed by atoms with Gasteiger partial charge < -0.3 is 14.5 Å². The molecule has 1 fully saturated rings. The summed E-state index contributed by atoms with van der Waals surface area (Å²) >= 11 is 0. The van der Waals surface area contributed by atoms with Crippen LogP contribution in [0.1, 0.15) is 33.7 Å². The smallest absolute Gasteiger partial charge is 0.254 e. The van der Waals surface area contributed by atoms with Crippen LogP contribution in [0.5, 0.6) is 5.75 Å². The first-order chi connectivity index (χ1) is 13.0. The molecule has 2 aromatic rings. The van der Waals surface area contributed by atoms with E-state index in [1.807, 2.05) is 30.9 Å². The molecule has 7 heteroatoms. The number of carbonyl (C=O) groups is 2. The van der Waals surface area contributed by atoms with Gasteiger partial charge in [0.15, 0.2) is 0 Å². The molecule has 2 amide bonds. The molecule has 0 atom stereocenters. The third kappa shape index (κ3) is 4.30. The number of H-pyrrole nitrogens is 1. The quantitative estimate of drug-likeness (QED) is 0.873. The predicted molar refractivity (Wildman–Crippen MR) is 102 cm³/mol. The van der Waals surface area contributed by atoms with Crippen LogP contribution in [-0.4, -0.2) is 65.1 Å². The minimum atomic E-state index is -0.0226. The lowest BCUT2D eigenvalue weighted by Crippen LogP contribution is -2.50. The Balaban J connectivity index is 1.52. The summed E-state index contributed by atoms with van der Waals surface area (Å²) in [5, 5.41) is 7.13. The van der Waals surface area contributed by atoms with Crippen molar-refractivity contribution < 1.29 is 14.3 Å². The largest absolute Gasteiger partial charge is 0.497 e. The van der Waals surface area contributed by atoms with Crippen molar-refractivity contribution >= 4 is 11.8 Å². The van der Waals surface area contributed by atoms with Crippen LogP contribution in [0.15, 0.2) is 24.3 Å². The molecule has 0 aliphatic carbocycles. The lowest BCUT2D eigenvalue weighted by Gasteiger charge is -2.35. The predicted octanol–water partition coefficient (Wildman–Crippen LogP) is 1.95. The van der Waals surface area contributed by atoms with Gasteiger partial charge in [0.25, 0.3) is 5.91 Å². The second-order valence-electron chi connectivity index (χ2n) is 6.82. The van der Waals surface area contributed by atoms with Gasteiger partial charge in [-0.25, -0.2) is 0 Å². The minimum absolute atomic E-state index is 0.0226. The zero-order valence-corrected chi connectivity index (χ0v) is 16.1. The second kappa shape index (κ2) is 8.24. The SMILES string of the molecule is COc1cccc(C(=O)N2CCN(C(=O)CCc3c(C)n[nH]c3C)CC2)c1. The highest BCUT2D eigenvalue weighted by molar-refractivity contribution is 5.94. The van der Waals surface area contributed by atoms with E-state index in [1.54, 1.807) is 24.1 Å². The number of hydrogen-bond acceptors (Lipinski definition) is 4. The van der Waals surface area contributed by atoms with Crippen molar-refractivity contribution in [1.29, 1.82) is 0 Å². The molecule has 0 spiro atoms. The summed E-state index contributed by atoms with van der Waals surface area (Å²) in [6.07, 6.45) is 1.15. The summed E-state index contributed by atoms with van der Waals surface area (Å²) in [5.41, 5.74) is 3.71. The molecule has 0 unspecified atom stereocenters. The number of aromatic nitrogens is 2. The van der Waals surface area contributed by atoms with E-state index < -0.39 is 0 Å². The van der Waals surface area contributed by atoms with E-state index in [9.17, 15) is 9.59 Å². The van der Waals surface area contributed by atoms with Crippen LogP contribution in [0.4, 0.5) is 0 Å². The van der Waals surface area contributed by atoms with Gasteiger partial charge in [-0.2, -0.15) is 5.10 Å². The number of piperazine rings is 1. The number of aromatic amines is 1. The Bertz CT molecular complexity index is 803. The van der Waals surface area contributed by atoms with Gasteiger partial charge in [0.05, 0.1) is 12.8 Å². The number of amides is 2. The van der Waals surface area contributed by atoms with Crippen molar-refractivity contribution in [3.63, 3.8) is 0 Å². The van der Waals surface area contributed by atoms with Gasteiger partial charge in [0, 0.05) is 43.9 Å². The van der Waals surface area contributed by atoms with Gasteiger partial charge in [0.2, 0.25) is 5.91 Å². The van der Waals surface area contributed by atoms with E-state index in [-0.39, 0.29) is 11.8 Å². The highest BCUT2D eigenvalue weighted by atomic mass is 16.5. The average Bonchev–Trinajstić information content (AvgIpc) is 3.03. The monoisotopic (exact) mass is 370 g/mol. The summed E-state index contributed by atoms with van der Waals surface area (Å²) in [6.45, 7) is 6.15. The molecule has 0 radical (unpaired) electrons. The molecule has 1 aliphatic rings. The number of benzene rings is 1. The van der Waals surface area contributed by atoms with Gasteiger partial charge in [0.1, 0.15) is 5.75 Å². The van der Waals surface area contributed by atoms with E-state index >= 15 is 0 Å². The van der Waals surface area contributed by atoms with E-state index in [0.717, 1.165) is 17.0 Å². The van der Waals surface area contributed by atoms with Crippen molar-refractivity contribution in [3.8, 4) is 5.75 Å². The van der Waals surface area contributed by atoms with Crippen LogP contribution < -0.4 is 4.74 Å². The third-order valence-corrected chi connectivity index (χ3v) is 5.11. The lowest BCUT2D eigenvalue weighted by atomic mass is 10.1. The molecule has 1 N–H and O–H groups in total. The Hall–Kier alpha value is -2.83. The number of carbonyl (C=O) groups excluding carboxylic acids is 2. The molecule has 2 heterocycles. The molecular formula is C20H26N4O3. The summed E-state index contributed by atoms with van der Waals surface area (Å²) in [6, 6.07) is 7.16. The molecule has 1 aromatic carbocycles. The normalized spacial score (nSPS) is 14.3. The van der Waals surface area contributed by atoms with Gasteiger partial charge in [-0.1, -0.05) is 6.07 Å².